The maximum atomic E-state index is 12.6. The van der Waals surface area contributed by atoms with Crippen LogP contribution in [0.15, 0.2) is 4.79 Å². The van der Waals surface area contributed by atoms with E-state index in [4.69, 9.17) is 4.74 Å². The van der Waals surface area contributed by atoms with Crippen molar-refractivity contribution in [2.75, 3.05) is 6.54 Å². The number of nitrogens with zero attached hydrogens (tertiary/aromatic N) is 2. The number of carbonyl (C=O) groups is 3. The molecule has 1 aliphatic rings. The van der Waals surface area contributed by atoms with Crippen LogP contribution in [0.5, 0.6) is 0 Å². The van der Waals surface area contributed by atoms with Crippen molar-refractivity contribution in [3.05, 3.63) is 26.6 Å². The first-order valence-electron chi connectivity index (χ1n) is 9.47. The molecule has 3 rings (SSSR count). The van der Waals surface area contributed by atoms with Gasteiger partial charge in [-0.25, -0.2) is 9.78 Å². The molecule has 2 N–H and O–H groups in total. The highest BCUT2D eigenvalue weighted by Gasteiger charge is 2.49. The average Bonchev–Trinajstić information content (AvgIpc) is 3.09. The molecule has 156 valence electrons. The molecule has 0 aromatic carbocycles. The first kappa shape index (κ1) is 21.0. The number of fused-ring (bicyclic) bond motifs is 1. The van der Waals surface area contributed by atoms with Gasteiger partial charge in [-0.15, -0.1) is 11.3 Å². The van der Waals surface area contributed by atoms with Crippen LogP contribution in [-0.2, 0) is 14.3 Å². The molecular formula is C19H24N4O5S. The molecule has 3 amide bonds. The van der Waals surface area contributed by atoms with Gasteiger partial charge in [0.2, 0.25) is 0 Å². The highest BCUT2D eigenvalue weighted by atomic mass is 32.1. The Morgan fingerprint density at radius 2 is 1.90 bits per heavy atom. The zero-order chi connectivity index (χ0) is 21.5. The van der Waals surface area contributed by atoms with Crippen molar-refractivity contribution in [3.8, 4) is 0 Å². The van der Waals surface area contributed by atoms with Gasteiger partial charge in [0, 0.05) is 4.88 Å². The Labute approximate surface area is 171 Å². The van der Waals surface area contributed by atoms with Gasteiger partial charge in [-0.2, -0.15) is 0 Å². The van der Waals surface area contributed by atoms with E-state index in [-0.39, 0.29) is 11.4 Å². The molecule has 10 heteroatoms. The number of aromatic amines is 1. The SMILES string of the molecule is CCC1(CC)NC(=O)N(CC(=O)O[C@@H](C)c2nc3sc(C)c(C)c3c(=O)[nH]2)C1=O. The number of carbonyl (C=O) groups excluding carboxylic acids is 3. The predicted octanol–water partition coefficient (Wildman–Crippen LogP) is 2.32. The van der Waals surface area contributed by atoms with Crippen LogP contribution < -0.4 is 10.9 Å². The minimum absolute atomic E-state index is 0.214. The molecule has 1 fully saturated rings. The van der Waals surface area contributed by atoms with Crippen LogP contribution >= 0.6 is 11.3 Å². The number of aryl methyl sites for hydroxylation is 2. The fourth-order valence-electron chi connectivity index (χ4n) is 3.43. The van der Waals surface area contributed by atoms with Crippen molar-refractivity contribution in [1.82, 2.24) is 20.2 Å². The van der Waals surface area contributed by atoms with Crippen LogP contribution in [0.2, 0.25) is 0 Å². The van der Waals surface area contributed by atoms with E-state index >= 15 is 0 Å². The standard InChI is InChI=1S/C19H24N4O5S/c1-6-19(7-2)17(26)23(18(27)22-19)8-12(24)28-10(4)14-20-15(25)13-9(3)11(5)29-16(13)21-14/h10H,6-8H2,1-5H3,(H,22,27)(H,20,21,25)/t10-/m0/s1. The Hall–Kier alpha value is -2.75. The molecule has 9 nitrogen and oxygen atoms in total. The van der Waals surface area contributed by atoms with Crippen molar-refractivity contribution < 1.29 is 19.1 Å². The van der Waals surface area contributed by atoms with Crippen LogP contribution in [0.3, 0.4) is 0 Å². The summed E-state index contributed by atoms with van der Waals surface area (Å²) in [5.41, 5.74) is -0.390. The van der Waals surface area contributed by atoms with Gasteiger partial charge in [-0.05, 0) is 39.2 Å². The fraction of sp³-hybridized carbons (Fsp3) is 0.526. The Balaban J connectivity index is 1.75. The minimum Gasteiger partial charge on any atom is -0.453 e. The number of H-pyrrole nitrogens is 1. The smallest absolute Gasteiger partial charge is 0.326 e. The number of imide groups is 1. The van der Waals surface area contributed by atoms with Crippen molar-refractivity contribution >= 4 is 39.5 Å². The lowest BCUT2D eigenvalue weighted by Gasteiger charge is -2.23. The average molecular weight is 420 g/mol. The monoisotopic (exact) mass is 420 g/mol. The zero-order valence-electron chi connectivity index (χ0n) is 17.0. The van der Waals surface area contributed by atoms with E-state index in [1.807, 2.05) is 13.8 Å². The highest BCUT2D eigenvalue weighted by molar-refractivity contribution is 7.18. The molecule has 1 saturated heterocycles. The van der Waals surface area contributed by atoms with Gasteiger partial charge in [0.1, 0.15) is 16.9 Å². The number of nitrogens with one attached hydrogen (secondary N) is 2. The Kier molecular flexibility index (Phi) is 5.48. The summed E-state index contributed by atoms with van der Waals surface area (Å²) in [5.74, 6) is -0.981. The Morgan fingerprint density at radius 3 is 2.48 bits per heavy atom. The molecule has 0 saturated carbocycles. The summed E-state index contributed by atoms with van der Waals surface area (Å²) < 4.78 is 5.33. The summed E-state index contributed by atoms with van der Waals surface area (Å²) in [6.45, 7) is 8.45. The molecule has 0 bridgehead atoms. The molecule has 1 aliphatic heterocycles. The molecule has 2 aromatic rings. The molecule has 0 aliphatic carbocycles. The zero-order valence-corrected chi connectivity index (χ0v) is 17.9. The fourth-order valence-corrected chi connectivity index (χ4v) is 4.47. The van der Waals surface area contributed by atoms with Crippen molar-refractivity contribution in [2.45, 2.75) is 59.1 Å². The summed E-state index contributed by atoms with van der Waals surface area (Å²) in [5, 5.41) is 3.20. The van der Waals surface area contributed by atoms with E-state index in [9.17, 15) is 19.2 Å². The largest absolute Gasteiger partial charge is 0.453 e. The number of amides is 3. The Bertz CT molecular complexity index is 1050. The lowest BCUT2D eigenvalue weighted by Crippen LogP contribution is -2.46. The second-order valence-electron chi connectivity index (χ2n) is 7.16. The molecule has 0 radical (unpaired) electrons. The topological polar surface area (TPSA) is 121 Å². The lowest BCUT2D eigenvalue weighted by atomic mass is 9.93. The summed E-state index contributed by atoms with van der Waals surface area (Å²) in [7, 11) is 0. The second kappa shape index (κ2) is 7.58. The molecule has 3 heterocycles. The number of hydrogen-bond donors (Lipinski definition) is 2. The quantitative estimate of drug-likeness (QED) is 0.546. The number of esters is 1. The number of thiophene rings is 1. The minimum atomic E-state index is -0.976. The molecule has 29 heavy (non-hydrogen) atoms. The number of urea groups is 1. The molecule has 0 spiro atoms. The van der Waals surface area contributed by atoms with Crippen LogP contribution in [0.1, 0.15) is 56.0 Å². The maximum absolute atomic E-state index is 12.6. The first-order valence-corrected chi connectivity index (χ1v) is 10.3. The van der Waals surface area contributed by atoms with Crippen LogP contribution in [0.25, 0.3) is 10.2 Å². The third-order valence-corrected chi connectivity index (χ3v) is 6.59. The summed E-state index contributed by atoms with van der Waals surface area (Å²) in [6, 6.07) is -0.610. The van der Waals surface area contributed by atoms with Gasteiger partial charge < -0.3 is 15.0 Å². The number of rotatable bonds is 6. The van der Waals surface area contributed by atoms with Gasteiger partial charge in [0.15, 0.2) is 11.9 Å². The molecule has 0 unspecified atom stereocenters. The van der Waals surface area contributed by atoms with Crippen LogP contribution in [-0.4, -0.2) is 44.9 Å². The number of hydrogen-bond acceptors (Lipinski definition) is 7. The summed E-state index contributed by atoms with van der Waals surface area (Å²) in [6.07, 6.45) is 0.0204. The van der Waals surface area contributed by atoms with E-state index in [1.54, 1.807) is 20.8 Å². The Morgan fingerprint density at radius 1 is 1.24 bits per heavy atom. The van der Waals surface area contributed by atoms with Crippen LogP contribution in [0.4, 0.5) is 4.79 Å². The number of aromatic nitrogens is 2. The molecule has 1 atom stereocenters. The summed E-state index contributed by atoms with van der Waals surface area (Å²) >= 11 is 1.40. The normalized spacial score (nSPS) is 16.9. The predicted molar refractivity (Wildman–Crippen MR) is 108 cm³/mol. The molecular weight excluding hydrogens is 396 g/mol. The van der Waals surface area contributed by atoms with Gasteiger partial charge in [-0.3, -0.25) is 19.3 Å². The first-order chi connectivity index (χ1) is 13.6. The highest BCUT2D eigenvalue weighted by Crippen LogP contribution is 2.27. The lowest BCUT2D eigenvalue weighted by molar-refractivity contribution is -0.152. The van der Waals surface area contributed by atoms with E-state index in [0.717, 1.165) is 15.3 Å². The van der Waals surface area contributed by atoms with E-state index in [0.29, 0.717) is 23.1 Å². The maximum Gasteiger partial charge on any atom is 0.326 e. The van der Waals surface area contributed by atoms with Gasteiger partial charge >= 0.3 is 12.0 Å². The van der Waals surface area contributed by atoms with Crippen molar-refractivity contribution in [2.24, 2.45) is 0 Å². The number of ether oxygens (including phenoxy) is 1. The third-order valence-electron chi connectivity index (χ3n) is 5.49. The van der Waals surface area contributed by atoms with Crippen molar-refractivity contribution in [1.29, 1.82) is 0 Å². The second-order valence-corrected chi connectivity index (χ2v) is 8.36. The van der Waals surface area contributed by atoms with Crippen molar-refractivity contribution in [3.63, 3.8) is 0 Å². The molecule has 2 aromatic heterocycles. The van der Waals surface area contributed by atoms with E-state index in [2.05, 4.69) is 15.3 Å². The van der Waals surface area contributed by atoms with Gasteiger partial charge in [0.25, 0.3) is 11.5 Å². The summed E-state index contributed by atoms with van der Waals surface area (Å²) in [4.78, 5) is 59.0. The van der Waals surface area contributed by atoms with E-state index < -0.39 is 36.1 Å². The van der Waals surface area contributed by atoms with Crippen LogP contribution in [0, 0.1) is 13.8 Å². The van der Waals surface area contributed by atoms with Gasteiger partial charge in [-0.1, -0.05) is 13.8 Å². The third kappa shape index (κ3) is 3.52. The van der Waals surface area contributed by atoms with E-state index in [1.165, 1.54) is 11.3 Å². The van der Waals surface area contributed by atoms with Gasteiger partial charge in [0.05, 0.1) is 5.39 Å².